The Labute approximate surface area is 133 Å². The highest BCUT2D eigenvalue weighted by molar-refractivity contribution is 5.94. The van der Waals surface area contributed by atoms with Crippen molar-refractivity contribution in [3.05, 3.63) is 35.6 Å². The number of carbonyl (C=O) groups excluding carboxylic acids is 2. The standard InChI is InChI=1S/C16H19FN2O4/c17-12-7-5-11(6-8-12)15(21)18-9-1-4-14(20)19-10-2-3-13(19)16(22)23/h5-8,13H,1-4,9-10H2,(H,18,21)(H,22,23)/t13-/m1/s1. The molecule has 2 rings (SSSR count). The molecule has 2 amide bonds. The molecule has 0 unspecified atom stereocenters. The molecule has 7 heteroatoms. The van der Waals surface area contributed by atoms with Crippen LogP contribution in [0.1, 0.15) is 36.0 Å². The van der Waals surface area contributed by atoms with Gasteiger partial charge in [-0.05, 0) is 43.5 Å². The monoisotopic (exact) mass is 322 g/mol. The second-order valence-corrected chi connectivity index (χ2v) is 5.45. The first kappa shape index (κ1) is 16.9. The van der Waals surface area contributed by atoms with E-state index in [0.717, 1.165) is 0 Å². The van der Waals surface area contributed by atoms with Crippen LogP contribution in [0.4, 0.5) is 4.39 Å². The zero-order chi connectivity index (χ0) is 16.8. The molecular formula is C16H19FN2O4. The van der Waals surface area contributed by atoms with Gasteiger partial charge in [-0.15, -0.1) is 0 Å². The van der Waals surface area contributed by atoms with Crippen molar-refractivity contribution in [3.63, 3.8) is 0 Å². The Morgan fingerprint density at radius 1 is 1.26 bits per heavy atom. The summed E-state index contributed by atoms with van der Waals surface area (Å²) in [7, 11) is 0. The fraction of sp³-hybridized carbons (Fsp3) is 0.438. The van der Waals surface area contributed by atoms with Crippen molar-refractivity contribution in [1.29, 1.82) is 0 Å². The summed E-state index contributed by atoms with van der Waals surface area (Å²) in [6, 6.07) is 4.46. The highest BCUT2D eigenvalue weighted by atomic mass is 19.1. The van der Waals surface area contributed by atoms with E-state index >= 15 is 0 Å². The first-order chi connectivity index (χ1) is 11.0. The number of likely N-dealkylation sites (tertiary alicyclic amines) is 1. The summed E-state index contributed by atoms with van der Waals surface area (Å²) in [5.74, 6) is -1.92. The fourth-order valence-electron chi connectivity index (χ4n) is 2.61. The number of carboxylic acids is 1. The third-order valence-corrected chi connectivity index (χ3v) is 3.82. The van der Waals surface area contributed by atoms with Gasteiger partial charge < -0.3 is 15.3 Å². The van der Waals surface area contributed by atoms with E-state index in [2.05, 4.69) is 5.32 Å². The fourth-order valence-corrected chi connectivity index (χ4v) is 2.61. The van der Waals surface area contributed by atoms with Gasteiger partial charge in [0.2, 0.25) is 5.91 Å². The van der Waals surface area contributed by atoms with Crippen molar-refractivity contribution in [3.8, 4) is 0 Å². The number of carboxylic acid groups (broad SMARTS) is 1. The Morgan fingerprint density at radius 3 is 2.61 bits per heavy atom. The molecule has 1 atom stereocenters. The predicted octanol–water partition coefficient (Wildman–Crippen LogP) is 1.41. The van der Waals surface area contributed by atoms with E-state index in [0.29, 0.717) is 37.9 Å². The molecule has 0 aliphatic carbocycles. The summed E-state index contributed by atoms with van der Waals surface area (Å²) < 4.78 is 12.8. The molecule has 0 bridgehead atoms. The maximum absolute atomic E-state index is 12.8. The van der Waals surface area contributed by atoms with Crippen molar-refractivity contribution in [2.24, 2.45) is 0 Å². The lowest BCUT2D eigenvalue weighted by Crippen LogP contribution is -2.40. The van der Waals surface area contributed by atoms with E-state index in [1.54, 1.807) is 0 Å². The van der Waals surface area contributed by atoms with Crippen LogP contribution in [0.25, 0.3) is 0 Å². The lowest BCUT2D eigenvalue weighted by atomic mass is 10.2. The molecule has 1 fully saturated rings. The zero-order valence-electron chi connectivity index (χ0n) is 12.6. The Hall–Kier alpha value is -2.44. The summed E-state index contributed by atoms with van der Waals surface area (Å²) in [4.78, 5) is 36.2. The second-order valence-electron chi connectivity index (χ2n) is 5.45. The molecule has 23 heavy (non-hydrogen) atoms. The molecule has 0 aromatic heterocycles. The van der Waals surface area contributed by atoms with Crippen LogP contribution in [-0.2, 0) is 9.59 Å². The summed E-state index contributed by atoms with van der Waals surface area (Å²) in [5, 5.41) is 11.7. The Kier molecular flexibility index (Phi) is 5.67. The van der Waals surface area contributed by atoms with E-state index in [-0.39, 0.29) is 18.2 Å². The summed E-state index contributed by atoms with van der Waals surface area (Å²) in [6.07, 6.45) is 1.80. The van der Waals surface area contributed by atoms with Gasteiger partial charge in [0.05, 0.1) is 0 Å². The molecule has 124 valence electrons. The van der Waals surface area contributed by atoms with Gasteiger partial charge in [0, 0.05) is 25.1 Å². The zero-order valence-corrected chi connectivity index (χ0v) is 12.6. The molecule has 1 aromatic rings. The molecular weight excluding hydrogens is 303 g/mol. The molecule has 0 saturated carbocycles. The first-order valence-corrected chi connectivity index (χ1v) is 7.55. The molecule has 2 N–H and O–H groups in total. The van der Waals surface area contributed by atoms with Gasteiger partial charge in [-0.2, -0.15) is 0 Å². The molecule has 1 aliphatic heterocycles. The summed E-state index contributed by atoms with van der Waals surface area (Å²) in [5.41, 5.74) is 0.350. The van der Waals surface area contributed by atoms with E-state index in [1.165, 1.54) is 29.2 Å². The normalized spacial score (nSPS) is 17.1. The van der Waals surface area contributed by atoms with Crippen molar-refractivity contribution in [1.82, 2.24) is 10.2 Å². The summed E-state index contributed by atoms with van der Waals surface area (Å²) >= 11 is 0. The first-order valence-electron chi connectivity index (χ1n) is 7.55. The van der Waals surface area contributed by atoms with Gasteiger partial charge in [0.15, 0.2) is 0 Å². The Morgan fingerprint density at radius 2 is 1.96 bits per heavy atom. The Bertz CT molecular complexity index is 588. The van der Waals surface area contributed by atoms with Crippen LogP contribution in [-0.4, -0.2) is 46.9 Å². The lowest BCUT2D eigenvalue weighted by Gasteiger charge is -2.21. The number of carbonyl (C=O) groups is 3. The van der Waals surface area contributed by atoms with Crippen LogP contribution in [0.2, 0.25) is 0 Å². The number of amides is 2. The molecule has 1 saturated heterocycles. The molecule has 6 nitrogen and oxygen atoms in total. The molecule has 0 radical (unpaired) electrons. The molecule has 1 heterocycles. The van der Waals surface area contributed by atoms with E-state index < -0.39 is 17.8 Å². The minimum absolute atomic E-state index is 0.188. The van der Waals surface area contributed by atoms with Gasteiger partial charge in [-0.1, -0.05) is 0 Å². The predicted molar refractivity (Wildman–Crippen MR) is 80.3 cm³/mol. The number of hydrogen-bond donors (Lipinski definition) is 2. The number of nitrogens with zero attached hydrogens (tertiary/aromatic N) is 1. The SMILES string of the molecule is O=C(NCCCC(=O)N1CCC[C@@H]1C(=O)O)c1ccc(F)cc1. The van der Waals surface area contributed by atoms with Gasteiger partial charge >= 0.3 is 5.97 Å². The maximum Gasteiger partial charge on any atom is 0.326 e. The minimum Gasteiger partial charge on any atom is -0.480 e. The van der Waals surface area contributed by atoms with Crippen LogP contribution < -0.4 is 5.32 Å². The molecule has 0 spiro atoms. The number of halogens is 1. The largest absolute Gasteiger partial charge is 0.480 e. The number of nitrogens with one attached hydrogen (secondary N) is 1. The van der Waals surface area contributed by atoms with E-state index in [9.17, 15) is 18.8 Å². The lowest BCUT2D eigenvalue weighted by molar-refractivity contribution is -0.148. The highest BCUT2D eigenvalue weighted by Crippen LogP contribution is 2.18. The Balaban J connectivity index is 1.72. The number of aliphatic carboxylic acids is 1. The van der Waals surface area contributed by atoms with Gasteiger partial charge in [0.25, 0.3) is 5.91 Å². The smallest absolute Gasteiger partial charge is 0.326 e. The van der Waals surface area contributed by atoms with Gasteiger partial charge in [-0.3, -0.25) is 9.59 Å². The van der Waals surface area contributed by atoms with Crippen LogP contribution in [0.3, 0.4) is 0 Å². The van der Waals surface area contributed by atoms with Crippen molar-refractivity contribution in [2.75, 3.05) is 13.1 Å². The molecule has 1 aromatic carbocycles. The molecule has 1 aliphatic rings. The average molecular weight is 322 g/mol. The van der Waals surface area contributed by atoms with Crippen LogP contribution in [0, 0.1) is 5.82 Å². The summed E-state index contributed by atoms with van der Waals surface area (Å²) in [6.45, 7) is 0.769. The van der Waals surface area contributed by atoms with Crippen molar-refractivity contribution >= 4 is 17.8 Å². The number of rotatable bonds is 6. The minimum atomic E-state index is -0.972. The highest BCUT2D eigenvalue weighted by Gasteiger charge is 2.33. The van der Waals surface area contributed by atoms with Crippen molar-refractivity contribution in [2.45, 2.75) is 31.7 Å². The quantitative estimate of drug-likeness (QED) is 0.775. The van der Waals surface area contributed by atoms with E-state index in [1.807, 2.05) is 0 Å². The number of hydrogen-bond acceptors (Lipinski definition) is 3. The topological polar surface area (TPSA) is 86.7 Å². The van der Waals surface area contributed by atoms with Gasteiger partial charge in [-0.25, -0.2) is 9.18 Å². The average Bonchev–Trinajstić information content (AvgIpc) is 3.01. The maximum atomic E-state index is 12.8. The van der Waals surface area contributed by atoms with Crippen LogP contribution in [0.15, 0.2) is 24.3 Å². The van der Waals surface area contributed by atoms with E-state index in [4.69, 9.17) is 5.11 Å². The second kappa shape index (κ2) is 7.71. The van der Waals surface area contributed by atoms with Crippen LogP contribution >= 0.6 is 0 Å². The third kappa shape index (κ3) is 4.51. The number of benzene rings is 1. The van der Waals surface area contributed by atoms with Gasteiger partial charge in [0.1, 0.15) is 11.9 Å². The van der Waals surface area contributed by atoms with Crippen molar-refractivity contribution < 1.29 is 23.9 Å². The van der Waals surface area contributed by atoms with Crippen LogP contribution in [0.5, 0.6) is 0 Å². The third-order valence-electron chi connectivity index (χ3n) is 3.82.